The molecule has 2 fully saturated rings. The zero-order valence-corrected chi connectivity index (χ0v) is 22.1. The van der Waals surface area contributed by atoms with Gasteiger partial charge in [-0.05, 0) is 88.9 Å². The fourth-order valence-electron chi connectivity index (χ4n) is 8.54. The van der Waals surface area contributed by atoms with E-state index in [0.717, 1.165) is 25.7 Å². The maximum Gasteiger partial charge on any atom is 0.309 e. The van der Waals surface area contributed by atoms with Gasteiger partial charge in [0.25, 0.3) is 0 Å². The van der Waals surface area contributed by atoms with Crippen LogP contribution < -0.4 is 0 Å². The molecule has 0 radical (unpaired) electrons. The van der Waals surface area contributed by atoms with Crippen molar-refractivity contribution < 1.29 is 34.8 Å². The summed E-state index contributed by atoms with van der Waals surface area (Å²) in [7, 11) is 0. The van der Waals surface area contributed by atoms with E-state index >= 15 is 0 Å². The third-order valence-corrected chi connectivity index (χ3v) is 10.2. The summed E-state index contributed by atoms with van der Waals surface area (Å²) >= 11 is 0. The molecule has 0 aromatic carbocycles. The molecule has 0 aromatic heterocycles. The third-order valence-electron chi connectivity index (χ3n) is 10.2. The molecule has 35 heavy (non-hydrogen) atoms. The van der Waals surface area contributed by atoms with E-state index in [1.54, 1.807) is 13.8 Å². The number of aliphatic hydroxyl groups excluding tert-OH is 2. The first-order chi connectivity index (χ1) is 16.1. The number of aliphatic hydroxyl groups is 3. The molecule has 4 aliphatic rings. The number of fused-ring (bicyclic) bond motifs is 1. The molecule has 9 atom stereocenters. The predicted molar refractivity (Wildman–Crippen MR) is 130 cm³/mol. The highest BCUT2D eigenvalue weighted by atomic mass is 16.5. The van der Waals surface area contributed by atoms with Crippen LogP contribution in [0.25, 0.3) is 0 Å². The summed E-state index contributed by atoms with van der Waals surface area (Å²) in [6.07, 6.45) is 2.52. The van der Waals surface area contributed by atoms with E-state index in [1.807, 2.05) is 0 Å². The zero-order chi connectivity index (χ0) is 26.1. The fraction of sp³-hybridized carbons (Fsp3) is 0.857. The quantitative estimate of drug-likeness (QED) is 0.316. The Labute approximate surface area is 208 Å². The van der Waals surface area contributed by atoms with Crippen molar-refractivity contribution in [3.05, 3.63) is 11.1 Å². The molecular formula is C28H44O7. The molecule has 7 nitrogen and oxygen atoms in total. The second-order valence-electron chi connectivity index (χ2n) is 13.3. The summed E-state index contributed by atoms with van der Waals surface area (Å²) in [4.78, 5) is 25.0. The summed E-state index contributed by atoms with van der Waals surface area (Å²) in [5, 5.41) is 41.0. The number of allylic oxidation sites excluding steroid dienone is 1. The van der Waals surface area contributed by atoms with Gasteiger partial charge in [0, 0.05) is 12.3 Å². The maximum atomic E-state index is 12.8. The minimum Gasteiger partial charge on any atom is -0.481 e. The summed E-state index contributed by atoms with van der Waals surface area (Å²) in [5.41, 5.74) is 0.111. The number of rotatable bonds is 7. The standard InChI is InChI=1S/C28H44O7/c1-14(11-19(29)24(31)27(4,5)34)15-7-8-16-17-9-10-21(26(2,3)25(32)33)28(6)13-22(30)35-20(23(17)28)12-18(15)16/h14-15,17,19-21,23-24,29,31,34H,7-13H2,1-6H3,(H,32,33)/t14-,15-,17+,19+,20+,21+,23-,24-,28+/m1/s1. The molecule has 0 unspecified atom stereocenters. The van der Waals surface area contributed by atoms with Gasteiger partial charge in [-0.25, -0.2) is 0 Å². The van der Waals surface area contributed by atoms with Gasteiger partial charge in [0.1, 0.15) is 12.2 Å². The fourth-order valence-corrected chi connectivity index (χ4v) is 8.54. The predicted octanol–water partition coefficient (Wildman–Crippen LogP) is 3.69. The first kappa shape index (κ1) is 26.6. The smallest absolute Gasteiger partial charge is 0.309 e. The number of carboxylic acid groups (broad SMARTS) is 1. The van der Waals surface area contributed by atoms with Crippen molar-refractivity contribution in [1.29, 1.82) is 0 Å². The van der Waals surface area contributed by atoms with Crippen LogP contribution in [0.15, 0.2) is 11.1 Å². The van der Waals surface area contributed by atoms with Gasteiger partial charge in [0.15, 0.2) is 0 Å². The monoisotopic (exact) mass is 492 g/mol. The Hall–Kier alpha value is -1.44. The molecule has 4 rings (SSSR count). The minimum absolute atomic E-state index is 0.0964. The number of ether oxygens (including phenoxy) is 1. The van der Waals surface area contributed by atoms with E-state index in [1.165, 1.54) is 25.0 Å². The topological polar surface area (TPSA) is 124 Å². The lowest BCUT2D eigenvalue weighted by Gasteiger charge is -2.60. The van der Waals surface area contributed by atoms with Crippen LogP contribution in [0, 0.1) is 40.4 Å². The molecular weight excluding hydrogens is 448 g/mol. The molecule has 1 aliphatic heterocycles. The lowest BCUT2D eigenvalue weighted by molar-refractivity contribution is -0.199. The highest BCUT2D eigenvalue weighted by Gasteiger charge is 2.63. The number of hydrogen-bond donors (Lipinski definition) is 4. The van der Waals surface area contributed by atoms with Crippen molar-refractivity contribution in [2.24, 2.45) is 40.4 Å². The number of carboxylic acids is 1. The Morgan fingerprint density at radius 3 is 2.40 bits per heavy atom. The maximum absolute atomic E-state index is 12.8. The van der Waals surface area contributed by atoms with E-state index in [-0.39, 0.29) is 42.2 Å². The SMILES string of the molecule is C[C@H](C[C@H](O)[C@@H](O)C(C)(C)O)[C@H]1CCC2=C1C[C@@H]1OC(=O)C[C@]3(C)[C@@H]1[C@H]2CC[C@H]3C(C)(C)C(=O)O. The highest BCUT2D eigenvalue weighted by Crippen LogP contribution is 2.65. The molecule has 1 saturated heterocycles. The van der Waals surface area contributed by atoms with Gasteiger partial charge in [0.05, 0.1) is 23.5 Å². The van der Waals surface area contributed by atoms with Crippen LogP contribution in [0.5, 0.6) is 0 Å². The van der Waals surface area contributed by atoms with E-state index in [9.17, 15) is 30.0 Å². The second kappa shape index (κ2) is 8.84. The third kappa shape index (κ3) is 4.36. The van der Waals surface area contributed by atoms with Gasteiger partial charge in [0.2, 0.25) is 0 Å². The van der Waals surface area contributed by atoms with E-state index in [0.29, 0.717) is 18.8 Å². The van der Waals surface area contributed by atoms with Gasteiger partial charge in [-0.15, -0.1) is 0 Å². The Morgan fingerprint density at radius 2 is 1.80 bits per heavy atom. The average Bonchev–Trinajstić information content (AvgIpc) is 3.15. The van der Waals surface area contributed by atoms with E-state index in [2.05, 4.69) is 13.8 Å². The van der Waals surface area contributed by atoms with Crippen molar-refractivity contribution in [2.45, 2.75) is 110 Å². The Kier molecular flexibility index (Phi) is 6.73. The Bertz CT molecular complexity index is 899. The number of carbonyl (C=O) groups excluding carboxylic acids is 1. The first-order valence-electron chi connectivity index (χ1n) is 13.3. The first-order valence-corrected chi connectivity index (χ1v) is 13.3. The Morgan fingerprint density at radius 1 is 1.14 bits per heavy atom. The van der Waals surface area contributed by atoms with Crippen LogP contribution in [0.4, 0.5) is 0 Å². The van der Waals surface area contributed by atoms with Crippen LogP contribution in [0.3, 0.4) is 0 Å². The molecule has 4 N–H and O–H groups in total. The second-order valence-corrected chi connectivity index (χ2v) is 13.3. The number of esters is 1. The molecule has 0 bridgehead atoms. The van der Waals surface area contributed by atoms with Gasteiger partial charge >= 0.3 is 11.9 Å². The molecule has 1 saturated carbocycles. The van der Waals surface area contributed by atoms with Crippen molar-refractivity contribution in [3.63, 3.8) is 0 Å². The van der Waals surface area contributed by atoms with Gasteiger partial charge in [-0.3, -0.25) is 9.59 Å². The molecule has 0 spiro atoms. The molecule has 3 aliphatic carbocycles. The van der Waals surface area contributed by atoms with Crippen LogP contribution in [0.2, 0.25) is 0 Å². The lowest BCUT2D eigenvalue weighted by Crippen LogP contribution is -2.60. The largest absolute Gasteiger partial charge is 0.481 e. The summed E-state index contributed by atoms with van der Waals surface area (Å²) in [5.74, 6) is -0.347. The van der Waals surface area contributed by atoms with Crippen molar-refractivity contribution in [3.8, 4) is 0 Å². The number of carbonyl (C=O) groups is 2. The van der Waals surface area contributed by atoms with Crippen LogP contribution >= 0.6 is 0 Å². The molecule has 198 valence electrons. The highest BCUT2D eigenvalue weighted by molar-refractivity contribution is 5.76. The van der Waals surface area contributed by atoms with Crippen LogP contribution in [-0.2, 0) is 14.3 Å². The van der Waals surface area contributed by atoms with Crippen molar-refractivity contribution in [2.75, 3.05) is 0 Å². The van der Waals surface area contributed by atoms with Crippen LogP contribution in [-0.4, -0.2) is 56.3 Å². The average molecular weight is 493 g/mol. The molecule has 0 aromatic rings. The lowest BCUT2D eigenvalue weighted by atomic mass is 9.46. The zero-order valence-electron chi connectivity index (χ0n) is 22.1. The summed E-state index contributed by atoms with van der Waals surface area (Å²) < 4.78 is 5.97. The summed E-state index contributed by atoms with van der Waals surface area (Å²) in [6, 6.07) is 0. The number of aliphatic carboxylic acids is 1. The van der Waals surface area contributed by atoms with Crippen molar-refractivity contribution >= 4 is 11.9 Å². The Balaban J connectivity index is 1.62. The van der Waals surface area contributed by atoms with Gasteiger partial charge in [-0.2, -0.15) is 0 Å². The summed E-state index contributed by atoms with van der Waals surface area (Å²) in [6.45, 7) is 10.8. The minimum atomic E-state index is -1.37. The van der Waals surface area contributed by atoms with Gasteiger partial charge in [-0.1, -0.05) is 25.0 Å². The van der Waals surface area contributed by atoms with Gasteiger partial charge < -0.3 is 25.2 Å². The molecule has 0 amide bonds. The van der Waals surface area contributed by atoms with Crippen molar-refractivity contribution in [1.82, 2.24) is 0 Å². The number of hydrogen-bond acceptors (Lipinski definition) is 6. The molecule has 7 heteroatoms. The normalized spacial score (nSPS) is 37.7. The molecule has 1 heterocycles. The van der Waals surface area contributed by atoms with E-state index < -0.39 is 34.6 Å². The van der Waals surface area contributed by atoms with E-state index in [4.69, 9.17) is 4.74 Å². The van der Waals surface area contributed by atoms with Crippen LogP contribution in [0.1, 0.15) is 86.5 Å².